The molecule has 0 amide bonds. The number of hydrogen-bond donors (Lipinski definition) is 0. The molecule has 2 bridgehead atoms. The van der Waals surface area contributed by atoms with Crippen molar-refractivity contribution in [2.75, 3.05) is 6.61 Å². The molecule has 0 spiro atoms. The van der Waals surface area contributed by atoms with E-state index in [1.807, 2.05) is 6.92 Å². The molecule has 2 aliphatic rings. The van der Waals surface area contributed by atoms with E-state index in [0.717, 1.165) is 0 Å². The van der Waals surface area contributed by atoms with E-state index in [2.05, 4.69) is 123 Å². The summed E-state index contributed by atoms with van der Waals surface area (Å²) in [6.07, 6.45) is 0. The van der Waals surface area contributed by atoms with Crippen LogP contribution in [-0.4, -0.2) is 29.6 Å². The Kier molecular flexibility index (Phi) is 13.2. The Labute approximate surface area is 255 Å². The van der Waals surface area contributed by atoms with Gasteiger partial charge in [-0.3, -0.25) is 4.79 Å². The van der Waals surface area contributed by atoms with E-state index >= 15 is 0 Å². The van der Waals surface area contributed by atoms with Crippen molar-refractivity contribution in [2.24, 2.45) is 5.92 Å². The minimum atomic E-state index is -0.731. The van der Waals surface area contributed by atoms with E-state index in [1.165, 1.54) is 27.1 Å². The maximum absolute atomic E-state index is 13.6. The Hall–Kier alpha value is -0.209. The van der Waals surface area contributed by atoms with Crippen molar-refractivity contribution in [3.63, 3.8) is 0 Å². The van der Waals surface area contributed by atoms with Crippen molar-refractivity contribution in [3.8, 4) is 0 Å². The fourth-order valence-corrected chi connectivity index (χ4v) is 13.7. The number of benzene rings is 3. The first-order valence-corrected chi connectivity index (χ1v) is 20.2. The molecule has 0 radical (unpaired) electrons. The van der Waals surface area contributed by atoms with Crippen molar-refractivity contribution in [1.82, 2.24) is 0 Å². The average molecular weight is 937 g/mol. The van der Waals surface area contributed by atoms with Gasteiger partial charge in [0.2, 0.25) is 0 Å². The number of carbonyl (C=O) groups excluding carboxylic acids is 1. The first-order valence-electron chi connectivity index (χ1n) is 11.9. The van der Waals surface area contributed by atoms with Crippen LogP contribution in [0.3, 0.4) is 0 Å². The van der Waals surface area contributed by atoms with Crippen LogP contribution < -0.4 is 15.9 Å². The second-order valence-corrected chi connectivity index (χ2v) is 13.6. The van der Waals surface area contributed by atoms with Crippen LogP contribution in [0.5, 0.6) is 0 Å². The summed E-state index contributed by atoms with van der Waals surface area (Å²) in [6, 6.07) is 32.6. The van der Waals surface area contributed by atoms with Gasteiger partial charge < -0.3 is 4.74 Å². The third-order valence-electron chi connectivity index (χ3n) is 7.12. The SMILES string of the molecule is CCOC(=O)[C@@H]1[C@@H](P(c2ccccc2)c2ccccc2)[C@@H]2C(C)=C(C)[C@H]1[P@]2c1ccccc1.[Cl][Au].[Cl][Au]. The van der Waals surface area contributed by atoms with Crippen LogP contribution in [0.4, 0.5) is 0 Å². The Morgan fingerprint density at radius 2 is 1.22 bits per heavy atom. The predicted octanol–water partition coefficient (Wildman–Crippen LogP) is 6.95. The molecule has 204 valence electrons. The monoisotopic (exact) mass is 936 g/mol. The van der Waals surface area contributed by atoms with Crippen LogP contribution in [0.25, 0.3) is 0 Å². The van der Waals surface area contributed by atoms with E-state index in [0.29, 0.717) is 12.3 Å². The van der Waals surface area contributed by atoms with Gasteiger partial charge in [0.05, 0.1) is 12.5 Å². The molecular weight excluding hydrogens is 907 g/mol. The fourth-order valence-electron chi connectivity index (χ4n) is 5.70. The maximum atomic E-state index is 13.6. The number of halogens is 2. The molecule has 0 aliphatic carbocycles. The number of esters is 1. The summed E-state index contributed by atoms with van der Waals surface area (Å²) in [7, 11) is 7.91. The molecule has 2 aliphatic heterocycles. The minimum absolute atomic E-state index is 0.00959. The van der Waals surface area contributed by atoms with E-state index in [4.69, 9.17) is 4.74 Å². The molecular formula is C29H30Au2Cl2O2P2. The van der Waals surface area contributed by atoms with Gasteiger partial charge in [-0.15, -0.1) is 0 Å². The molecule has 0 N–H and O–H groups in total. The molecule has 2 heterocycles. The molecule has 1 fully saturated rings. The standard InChI is InChI=1S/C29H30O2P2.2Au.2ClH/c1-4-31-29(30)25-26-20(2)21(3)27(33(26)24-18-12-7-13-19-24)28(25)32(22-14-8-5-9-15-22)23-16-10-6-11-17-23;;;;/h5-19,25-28H,4H2,1-3H3;;;2*1H/q;2*+1;;/p-2/t25-,26+,27-,28+,33-;;;;/m0..../s1. The van der Waals surface area contributed by atoms with Gasteiger partial charge in [0.1, 0.15) is 0 Å². The first-order chi connectivity index (χ1) is 18.1. The van der Waals surface area contributed by atoms with E-state index in [1.54, 1.807) is 40.0 Å². The zero-order chi connectivity index (χ0) is 26.9. The number of allylic oxidation sites excluding steroid dienone is 2. The van der Waals surface area contributed by atoms with Crippen LogP contribution in [0.1, 0.15) is 20.8 Å². The molecule has 0 unspecified atom stereocenters. The number of carbonyl (C=O) groups is 1. The van der Waals surface area contributed by atoms with Gasteiger partial charge >= 0.3 is 64.3 Å². The number of hydrogen-bond acceptors (Lipinski definition) is 2. The van der Waals surface area contributed by atoms with Crippen molar-refractivity contribution in [2.45, 2.75) is 37.7 Å². The zero-order valence-corrected chi connectivity index (χ0v) is 28.4. The summed E-state index contributed by atoms with van der Waals surface area (Å²) in [6.45, 7) is 6.93. The third kappa shape index (κ3) is 6.58. The van der Waals surface area contributed by atoms with Gasteiger partial charge in [0.25, 0.3) is 0 Å². The van der Waals surface area contributed by atoms with Crippen LogP contribution in [0.2, 0.25) is 0 Å². The number of ether oxygens (including phenoxy) is 1. The molecule has 3 aromatic carbocycles. The molecule has 1 saturated heterocycles. The Morgan fingerprint density at radius 3 is 1.68 bits per heavy atom. The fraction of sp³-hybridized carbons (Fsp3) is 0.276. The van der Waals surface area contributed by atoms with Crippen molar-refractivity contribution < 1.29 is 49.5 Å². The second-order valence-electron chi connectivity index (χ2n) is 8.81. The summed E-state index contributed by atoms with van der Waals surface area (Å²) >= 11 is 3.50. The number of fused-ring (bicyclic) bond motifs is 2. The van der Waals surface area contributed by atoms with Gasteiger partial charge in [-0.2, -0.15) is 0 Å². The Bertz CT molecular complexity index is 1130. The van der Waals surface area contributed by atoms with E-state index in [9.17, 15) is 4.79 Å². The predicted molar refractivity (Wildman–Crippen MR) is 154 cm³/mol. The molecule has 0 aromatic heterocycles. The van der Waals surface area contributed by atoms with Gasteiger partial charge in [0, 0.05) is 17.0 Å². The van der Waals surface area contributed by atoms with Gasteiger partial charge in [-0.05, 0) is 44.6 Å². The zero-order valence-electron chi connectivity index (χ0n) is 20.7. The van der Waals surface area contributed by atoms with Gasteiger partial charge in [-0.1, -0.05) is 110 Å². The third-order valence-corrected chi connectivity index (χ3v) is 13.8. The molecule has 5 atom stereocenters. The molecule has 3 aromatic rings. The summed E-state index contributed by atoms with van der Waals surface area (Å²) in [5.74, 6) is -0.110. The number of rotatable bonds is 6. The summed E-state index contributed by atoms with van der Waals surface area (Å²) in [5, 5.41) is 4.10. The van der Waals surface area contributed by atoms with E-state index < -0.39 is 15.8 Å². The first kappa shape index (κ1) is 31.3. The molecule has 8 heteroatoms. The van der Waals surface area contributed by atoms with Crippen molar-refractivity contribution in [3.05, 3.63) is 102 Å². The van der Waals surface area contributed by atoms with Crippen molar-refractivity contribution in [1.29, 1.82) is 0 Å². The summed E-state index contributed by atoms with van der Waals surface area (Å²) in [5.41, 5.74) is 3.81. The summed E-state index contributed by atoms with van der Waals surface area (Å²) < 4.78 is 5.76. The van der Waals surface area contributed by atoms with Crippen LogP contribution in [-0.2, 0) is 49.5 Å². The molecule has 0 saturated carbocycles. The van der Waals surface area contributed by atoms with Crippen LogP contribution >= 0.6 is 34.2 Å². The topological polar surface area (TPSA) is 26.3 Å². The van der Waals surface area contributed by atoms with Gasteiger partial charge in [0.15, 0.2) is 0 Å². The van der Waals surface area contributed by atoms with Gasteiger partial charge in [-0.25, -0.2) is 0 Å². The normalized spacial score (nSPS) is 23.7. The average Bonchev–Trinajstić information content (AvgIpc) is 3.43. The van der Waals surface area contributed by atoms with Crippen LogP contribution in [0.15, 0.2) is 102 Å². The van der Waals surface area contributed by atoms with E-state index in [-0.39, 0.29) is 23.2 Å². The molecule has 2 nitrogen and oxygen atoms in total. The van der Waals surface area contributed by atoms with Crippen LogP contribution in [0, 0.1) is 5.92 Å². The quantitative estimate of drug-likeness (QED) is 0.116. The van der Waals surface area contributed by atoms with Crippen molar-refractivity contribution >= 4 is 56.1 Å². The Balaban J connectivity index is 0.000000907. The Morgan fingerprint density at radius 1 is 0.784 bits per heavy atom. The summed E-state index contributed by atoms with van der Waals surface area (Å²) in [4.78, 5) is 13.6. The second kappa shape index (κ2) is 15.5. The molecule has 5 rings (SSSR count). The molecule has 37 heavy (non-hydrogen) atoms.